The Morgan fingerprint density at radius 1 is 1.21 bits per heavy atom. The second kappa shape index (κ2) is 4.35. The smallest absolute Gasteiger partial charge is 0.205 e. The molecule has 3 aromatic rings. The summed E-state index contributed by atoms with van der Waals surface area (Å²) in [5.41, 5.74) is 8.83. The van der Waals surface area contributed by atoms with Crippen molar-refractivity contribution >= 4 is 32.9 Å². The van der Waals surface area contributed by atoms with Gasteiger partial charge in [0.1, 0.15) is 5.82 Å². The minimum atomic E-state index is -0.256. The van der Waals surface area contributed by atoms with Crippen molar-refractivity contribution in [1.82, 2.24) is 9.55 Å². The minimum absolute atomic E-state index is 0.256. The molecule has 1 aromatic heterocycles. The zero-order chi connectivity index (χ0) is 13.6. The number of imidazole rings is 1. The summed E-state index contributed by atoms with van der Waals surface area (Å²) >= 11 is 3.42. The Hall–Kier alpha value is -1.88. The van der Waals surface area contributed by atoms with Gasteiger partial charge in [-0.15, -0.1) is 0 Å². The van der Waals surface area contributed by atoms with Gasteiger partial charge in [0.05, 0.1) is 16.7 Å². The second-order valence-electron chi connectivity index (χ2n) is 4.37. The van der Waals surface area contributed by atoms with Gasteiger partial charge in [0.2, 0.25) is 5.95 Å². The molecule has 0 unspecified atom stereocenters. The van der Waals surface area contributed by atoms with Gasteiger partial charge in [0.25, 0.3) is 0 Å². The lowest BCUT2D eigenvalue weighted by Crippen LogP contribution is -2.01. The largest absolute Gasteiger partial charge is 0.369 e. The molecule has 1 heterocycles. The summed E-state index contributed by atoms with van der Waals surface area (Å²) in [6.07, 6.45) is 0. The number of rotatable bonds is 1. The molecule has 0 aliphatic heterocycles. The molecule has 2 aromatic carbocycles. The molecule has 5 heteroatoms. The summed E-state index contributed by atoms with van der Waals surface area (Å²) < 4.78 is 16.4. The predicted octanol–water partition coefficient (Wildman–Crippen LogP) is 3.82. The van der Waals surface area contributed by atoms with E-state index in [4.69, 9.17) is 5.73 Å². The molecule has 19 heavy (non-hydrogen) atoms. The molecule has 0 amide bonds. The van der Waals surface area contributed by atoms with Crippen molar-refractivity contribution in [1.29, 1.82) is 0 Å². The average molecular weight is 320 g/mol. The van der Waals surface area contributed by atoms with E-state index in [9.17, 15) is 4.39 Å². The Morgan fingerprint density at radius 3 is 2.74 bits per heavy atom. The molecule has 3 rings (SSSR count). The topological polar surface area (TPSA) is 43.8 Å². The number of hydrogen-bond acceptors (Lipinski definition) is 2. The molecule has 0 aliphatic carbocycles. The third kappa shape index (κ3) is 2.00. The Kier molecular flexibility index (Phi) is 2.78. The van der Waals surface area contributed by atoms with E-state index < -0.39 is 0 Å². The second-order valence-corrected chi connectivity index (χ2v) is 5.29. The molecule has 0 atom stereocenters. The molecule has 0 radical (unpaired) electrons. The van der Waals surface area contributed by atoms with Crippen LogP contribution in [0.5, 0.6) is 0 Å². The highest BCUT2D eigenvalue weighted by Gasteiger charge is 2.11. The minimum Gasteiger partial charge on any atom is -0.369 e. The summed E-state index contributed by atoms with van der Waals surface area (Å²) in [7, 11) is 0. The lowest BCUT2D eigenvalue weighted by Gasteiger charge is -2.07. The molecule has 0 spiro atoms. The zero-order valence-corrected chi connectivity index (χ0v) is 11.8. The van der Waals surface area contributed by atoms with Gasteiger partial charge in [-0.25, -0.2) is 9.37 Å². The van der Waals surface area contributed by atoms with Crippen LogP contribution in [-0.2, 0) is 0 Å². The van der Waals surface area contributed by atoms with E-state index >= 15 is 0 Å². The first-order valence-electron chi connectivity index (χ1n) is 5.76. The monoisotopic (exact) mass is 319 g/mol. The Labute approximate surface area is 118 Å². The highest BCUT2D eigenvalue weighted by Crippen LogP contribution is 2.26. The van der Waals surface area contributed by atoms with E-state index in [2.05, 4.69) is 20.9 Å². The van der Waals surface area contributed by atoms with Crippen molar-refractivity contribution < 1.29 is 4.39 Å². The number of anilines is 1. The highest BCUT2D eigenvalue weighted by molar-refractivity contribution is 9.10. The molecule has 0 saturated heterocycles. The fourth-order valence-corrected chi connectivity index (χ4v) is 2.41. The number of hydrogen-bond donors (Lipinski definition) is 1. The van der Waals surface area contributed by atoms with Gasteiger partial charge in [-0.3, -0.25) is 4.57 Å². The van der Waals surface area contributed by atoms with Crippen LogP contribution in [0.4, 0.5) is 10.3 Å². The highest BCUT2D eigenvalue weighted by atomic mass is 79.9. The van der Waals surface area contributed by atoms with Crippen LogP contribution >= 0.6 is 15.9 Å². The van der Waals surface area contributed by atoms with Crippen molar-refractivity contribution in [3.8, 4) is 5.69 Å². The standard InChI is InChI=1S/C14H11BrFN3/c1-8-2-4-10(7-11(8)16)19-13-6-9(15)3-5-12(13)18-14(19)17/h2-7H,1H3,(H2,17,18). The first-order valence-corrected chi connectivity index (χ1v) is 6.55. The Morgan fingerprint density at radius 2 is 2.00 bits per heavy atom. The third-order valence-electron chi connectivity index (χ3n) is 3.06. The van der Waals surface area contributed by atoms with Crippen LogP contribution in [0.3, 0.4) is 0 Å². The summed E-state index contributed by atoms with van der Waals surface area (Å²) in [4.78, 5) is 4.28. The van der Waals surface area contributed by atoms with E-state index in [0.717, 1.165) is 15.5 Å². The van der Waals surface area contributed by atoms with Gasteiger partial charge in [0, 0.05) is 4.47 Å². The summed E-state index contributed by atoms with van der Waals surface area (Å²) in [5, 5.41) is 0. The Bertz CT molecular complexity index is 780. The molecular formula is C14H11BrFN3. The Balaban J connectivity index is 2.31. The lowest BCUT2D eigenvalue weighted by molar-refractivity contribution is 0.617. The zero-order valence-electron chi connectivity index (χ0n) is 10.2. The fourth-order valence-electron chi connectivity index (χ4n) is 2.06. The van der Waals surface area contributed by atoms with Crippen LogP contribution in [0.25, 0.3) is 16.7 Å². The van der Waals surface area contributed by atoms with Gasteiger partial charge >= 0.3 is 0 Å². The van der Waals surface area contributed by atoms with Crippen molar-refractivity contribution in [2.75, 3.05) is 5.73 Å². The summed E-state index contributed by atoms with van der Waals surface area (Å²) in [6.45, 7) is 1.73. The first kappa shape index (κ1) is 12.2. The number of aryl methyl sites for hydroxylation is 1. The van der Waals surface area contributed by atoms with Gasteiger partial charge in [-0.05, 0) is 42.8 Å². The lowest BCUT2D eigenvalue weighted by atomic mass is 10.2. The fraction of sp³-hybridized carbons (Fsp3) is 0.0714. The molecule has 0 aliphatic rings. The van der Waals surface area contributed by atoms with Crippen LogP contribution < -0.4 is 5.73 Å². The normalized spacial score (nSPS) is 11.1. The molecule has 96 valence electrons. The SMILES string of the molecule is Cc1ccc(-n2c(N)nc3ccc(Br)cc32)cc1F. The number of aromatic nitrogens is 2. The molecule has 0 saturated carbocycles. The maximum Gasteiger partial charge on any atom is 0.205 e. The number of nitrogens with zero attached hydrogens (tertiary/aromatic N) is 2. The van der Waals surface area contributed by atoms with E-state index in [1.54, 1.807) is 17.6 Å². The van der Waals surface area contributed by atoms with Crippen LogP contribution in [0.15, 0.2) is 40.9 Å². The van der Waals surface area contributed by atoms with E-state index in [1.165, 1.54) is 6.07 Å². The van der Waals surface area contributed by atoms with E-state index in [1.807, 2.05) is 24.3 Å². The van der Waals surface area contributed by atoms with Gasteiger partial charge in [0.15, 0.2) is 0 Å². The third-order valence-corrected chi connectivity index (χ3v) is 3.55. The van der Waals surface area contributed by atoms with Crippen molar-refractivity contribution in [2.45, 2.75) is 6.92 Å². The predicted molar refractivity (Wildman–Crippen MR) is 77.9 cm³/mol. The van der Waals surface area contributed by atoms with Gasteiger partial charge in [-0.2, -0.15) is 0 Å². The van der Waals surface area contributed by atoms with Crippen molar-refractivity contribution in [3.63, 3.8) is 0 Å². The number of nitrogens with two attached hydrogens (primary N) is 1. The first-order chi connectivity index (χ1) is 9.06. The van der Waals surface area contributed by atoms with E-state index in [0.29, 0.717) is 17.2 Å². The summed E-state index contributed by atoms with van der Waals surface area (Å²) in [5.74, 6) is 0.0881. The van der Waals surface area contributed by atoms with Crippen molar-refractivity contribution in [2.24, 2.45) is 0 Å². The molecule has 2 N–H and O–H groups in total. The van der Waals surface area contributed by atoms with Crippen LogP contribution in [0.1, 0.15) is 5.56 Å². The summed E-state index contributed by atoms with van der Waals surface area (Å²) in [6, 6.07) is 10.7. The number of fused-ring (bicyclic) bond motifs is 1. The van der Waals surface area contributed by atoms with Crippen molar-refractivity contribution in [3.05, 3.63) is 52.3 Å². The quantitative estimate of drug-likeness (QED) is 0.741. The number of nitrogen functional groups attached to an aromatic ring is 1. The maximum absolute atomic E-state index is 13.7. The molecule has 3 nitrogen and oxygen atoms in total. The van der Waals surface area contributed by atoms with Crippen LogP contribution in [-0.4, -0.2) is 9.55 Å². The molecular weight excluding hydrogens is 309 g/mol. The maximum atomic E-state index is 13.7. The average Bonchev–Trinajstić information content (AvgIpc) is 2.68. The number of halogens is 2. The molecule has 0 bridgehead atoms. The van der Waals surface area contributed by atoms with Crippen LogP contribution in [0.2, 0.25) is 0 Å². The van der Waals surface area contributed by atoms with Gasteiger partial charge < -0.3 is 5.73 Å². The number of benzene rings is 2. The van der Waals surface area contributed by atoms with E-state index in [-0.39, 0.29) is 5.82 Å². The van der Waals surface area contributed by atoms with Gasteiger partial charge in [-0.1, -0.05) is 22.0 Å². The van der Waals surface area contributed by atoms with Crippen LogP contribution in [0, 0.1) is 12.7 Å². The molecule has 0 fully saturated rings.